The lowest BCUT2D eigenvalue weighted by atomic mass is 9.89. The standard InChI is InChI=1S/C27H33N5O4S/c1-4-36-22-8-6-5-7-19(22)16-28-25(34)20-10-9-17(2)29-24(20)18-11-13-32(14-12-18)23(33)15-21-26(35)31(3)27(37)30-21/h5-10,18,21H,4,11-16H2,1-3H3,(H,28,34)(H,30,37). The number of rotatable bonds is 8. The average Bonchev–Trinajstić information content (AvgIpc) is 3.14. The van der Waals surface area contributed by atoms with Crippen molar-refractivity contribution in [2.45, 2.75) is 51.6 Å². The number of amides is 3. The molecular formula is C27H33N5O4S. The van der Waals surface area contributed by atoms with Crippen molar-refractivity contribution < 1.29 is 19.1 Å². The molecule has 1 aromatic heterocycles. The van der Waals surface area contributed by atoms with E-state index >= 15 is 0 Å². The topological polar surface area (TPSA) is 104 Å². The number of benzene rings is 1. The van der Waals surface area contributed by atoms with E-state index in [1.54, 1.807) is 11.9 Å². The van der Waals surface area contributed by atoms with Crippen LogP contribution >= 0.6 is 12.2 Å². The van der Waals surface area contributed by atoms with Crippen LogP contribution in [0.15, 0.2) is 36.4 Å². The number of hydrogen-bond donors (Lipinski definition) is 2. The summed E-state index contributed by atoms with van der Waals surface area (Å²) in [5.41, 5.74) is 3.08. The second-order valence-electron chi connectivity index (χ2n) is 9.37. The molecule has 1 unspecified atom stereocenters. The van der Waals surface area contributed by atoms with Gasteiger partial charge < -0.3 is 20.3 Å². The van der Waals surface area contributed by atoms with Crippen LogP contribution in [0.2, 0.25) is 0 Å². The van der Waals surface area contributed by atoms with E-state index < -0.39 is 6.04 Å². The predicted octanol–water partition coefficient (Wildman–Crippen LogP) is 2.53. The Balaban J connectivity index is 1.39. The smallest absolute Gasteiger partial charge is 0.253 e. The molecule has 0 spiro atoms. The summed E-state index contributed by atoms with van der Waals surface area (Å²) >= 11 is 5.11. The summed E-state index contributed by atoms with van der Waals surface area (Å²) in [5, 5.41) is 6.28. The largest absolute Gasteiger partial charge is 0.494 e. The van der Waals surface area contributed by atoms with Crippen LogP contribution in [0.3, 0.4) is 0 Å². The van der Waals surface area contributed by atoms with Gasteiger partial charge in [0.25, 0.3) is 11.8 Å². The molecule has 2 saturated heterocycles. The Morgan fingerprint density at radius 3 is 2.59 bits per heavy atom. The minimum Gasteiger partial charge on any atom is -0.494 e. The van der Waals surface area contributed by atoms with Gasteiger partial charge in [-0.2, -0.15) is 0 Å². The quantitative estimate of drug-likeness (QED) is 0.513. The zero-order valence-electron chi connectivity index (χ0n) is 21.5. The van der Waals surface area contributed by atoms with Crippen molar-refractivity contribution in [2.24, 2.45) is 0 Å². The molecule has 2 fully saturated rings. The molecule has 2 aliphatic heterocycles. The minimum atomic E-state index is -0.607. The van der Waals surface area contributed by atoms with Gasteiger partial charge in [-0.1, -0.05) is 18.2 Å². The van der Waals surface area contributed by atoms with Gasteiger partial charge in [0.2, 0.25) is 5.91 Å². The molecular weight excluding hydrogens is 490 g/mol. The normalized spacial score (nSPS) is 18.1. The number of thiocarbonyl (C=S) groups is 1. The molecule has 0 saturated carbocycles. The molecule has 1 aromatic carbocycles. The van der Waals surface area contributed by atoms with Gasteiger partial charge in [-0.25, -0.2) is 0 Å². The van der Waals surface area contributed by atoms with E-state index in [0.717, 1.165) is 22.7 Å². The Labute approximate surface area is 222 Å². The van der Waals surface area contributed by atoms with Crippen LogP contribution in [0, 0.1) is 6.92 Å². The maximum absolute atomic E-state index is 13.2. The van der Waals surface area contributed by atoms with Crippen molar-refractivity contribution in [1.82, 2.24) is 25.4 Å². The SMILES string of the molecule is CCOc1ccccc1CNC(=O)c1ccc(C)nc1C1CCN(C(=O)CC2NC(=S)N(C)C2=O)CC1. The summed E-state index contributed by atoms with van der Waals surface area (Å²) in [7, 11) is 1.61. The first-order chi connectivity index (χ1) is 17.8. The Bertz CT molecular complexity index is 1200. The number of ether oxygens (including phenoxy) is 1. The number of carbonyl (C=O) groups excluding carboxylic acids is 3. The summed E-state index contributed by atoms with van der Waals surface area (Å²) in [6.07, 6.45) is 1.47. The lowest BCUT2D eigenvalue weighted by Crippen LogP contribution is -2.42. The predicted molar refractivity (Wildman–Crippen MR) is 143 cm³/mol. The second kappa shape index (κ2) is 11.7. The maximum Gasteiger partial charge on any atom is 0.253 e. The number of piperidine rings is 1. The first-order valence-electron chi connectivity index (χ1n) is 12.6. The molecule has 0 aliphatic carbocycles. The molecule has 4 rings (SSSR count). The third-order valence-corrected chi connectivity index (χ3v) is 7.26. The van der Waals surface area contributed by atoms with Gasteiger partial charge >= 0.3 is 0 Å². The first kappa shape index (κ1) is 26.5. The van der Waals surface area contributed by atoms with Crippen LogP contribution in [-0.4, -0.2) is 70.4 Å². The zero-order valence-corrected chi connectivity index (χ0v) is 22.3. The Morgan fingerprint density at radius 1 is 1.19 bits per heavy atom. The van der Waals surface area contributed by atoms with Gasteiger partial charge in [0.05, 0.1) is 24.3 Å². The summed E-state index contributed by atoms with van der Waals surface area (Å²) in [6, 6.07) is 10.7. The lowest BCUT2D eigenvalue weighted by Gasteiger charge is -2.33. The number of para-hydroxylation sites is 1. The minimum absolute atomic E-state index is 0.0605. The fraction of sp³-hybridized carbons (Fsp3) is 0.444. The van der Waals surface area contributed by atoms with Gasteiger partial charge in [0.15, 0.2) is 5.11 Å². The number of pyridine rings is 1. The molecule has 2 N–H and O–H groups in total. The van der Waals surface area contributed by atoms with E-state index in [1.165, 1.54) is 4.90 Å². The van der Waals surface area contributed by atoms with Crippen LogP contribution in [0.1, 0.15) is 59.4 Å². The average molecular weight is 524 g/mol. The molecule has 2 aliphatic rings. The van der Waals surface area contributed by atoms with Crippen molar-refractivity contribution in [2.75, 3.05) is 26.7 Å². The fourth-order valence-electron chi connectivity index (χ4n) is 4.78. The zero-order chi connectivity index (χ0) is 26.5. The summed E-state index contributed by atoms with van der Waals surface area (Å²) < 4.78 is 5.67. The Kier molecular flexibility index (Phi) is 8.38. The number of likely N-dealkylation sites (tertiary alicyclic amines) is 1. The highest BCUT2D eigenvalue weighted by Gasteiger charge is 2.36. The van der Waals surface area contributed by atoms with Crippen LogP contribution < -0.4 is 15.4 Å². The third kappa shape index (κ3) is 6.07. The number of nitrogens with zero attached hydrogens (tertiary/aromatic N) is 3. The summed E-state index contributed by atoms with van der Waals surface area (Å²) in [5.74, 6) is 0.374. The number of aryl methyl sites for hydroxylation is 1. The van der Waals surface area contributed by atoms with E-state index in [2.05, 4.69) is 10.6 Å². The van der Waals surface area contributed by atoms with Crippen LogP contribution in [0.5, 0.6) is 5.75 Å². The van der Waals surface area contributed by atoms with Crippen molar-refractivity contribution in [1.29, 1.82) is 0 Å². The Morgan fingerprint density at radius 2 is 1.92 bits per heavy atom. The van der Waals surface area contributed by atoms with E-state index in [4.69, 9.17) is 21.9 Å². The van der Waals surface area contributed by atoms with E-state index in [1.807, 2.05) is 50.2 Å². The van der Waals surface area contributed by atoms with Crippen LogP contribution in [0.25, 0.3) is 0 Å². The summed E-state index contributed by atoms with van der Waals surface area (Å²) in [6.45, 7) is 5.83. The molecule has 0 bridgehead atoms. The highest BCUT2D eigenvalue weighted by atomic mass is 32.1. The highest BCUT2D eigenvalue weighted by Crippen LogP contribution is 2.30. The molecule has 3 amide bonds. The van der Waals surface area contributed by atoms with Crippen LogP contribution in [-0.2, 0) is 16.1 Å². The van der Waals surface area contributed by atoms with Gasteiger partial charge in [-0.15, -0.1) is 0 Å². The van der Waals surface area contributed by atoms with Crippen molar-refractivity contribution in [3.63, 3.8) is 0 Å². The van der Waals surface area contributed by atoms with Crippen molar-refractivity contribution in [3.8, 4) is 5.75 Å². The van der Waals surface area contributed by atoms with Gasteiger partial charge in [-0.05, 0) is 57.1 Å². The molecule has 0 radical (unpaired) electrons. The molecule has 2 aromatic rings. The highest BCUT2D eigenvalue weighted by molar-refractivity contribution is 7.80. The van der Waals surface area contributed by atoms with Gasteiger partial charge in [0.1, 0.15) is 11.8 Å². The van der Waals surface area contributed by atoms with E-state index in [-0.39, 0.29) is 30.1 Å². The molecule has 1 atom stereocenters. The third-order valence-electron chi connectivity index (χ3n) is 6.86. The number of nitrogens with one attached hydrogen (secondary N) is 2. The number of carbonyl (C=O) groups is 3. The first-order valence-corrected chi connectivity index (χ1v) is 13.0. The summed E-state index contributed by atoms with van der Waals surface area (Å²) in [4.78, 5) is 46.2. The lowest BCUT2D eigenvalue weighted by molar-refractivity contribution is -0.136. The second-order valence-corrected chi connectivity index (χ2v) is 9.75. The van der Waals surface area contributed by atoms with E-state index in [9.17, 15) is 14.4 Å². The van der Waals surface area contributed by atoms with Crippen molar-refractivity contribution in [3.05, 3.63) is 58.9 Å². The van der Waals surface area contributed by atoms with Gasteiger partial charge in [-0.3, -0.25) is 24.3 Å². The number of hydrogen-bond acceptors (Lipinski definition) is 6. The molecule has 3 heterocycles. The molecule has 10 heteroatoms. The number of aromatic nitrogens is 1. The fourth-order valence-corrected chi connectivity index (χ4v) is 5.01. The monoisotopic (exact) mass is 523 g/mol. The van der Waals surface area contributed by atoms with Crippen LogP contribution in [0.4, 0.5) is 0 Å². The van der Waals surface area contributed by atoms with E-state index in [0.29, 0.717) is 49.8 Å². The molecule has 196 valence electrons. The Hall–Kier alpha value is -3.53. The molecule has 9 nitrogen and oxygen atoms in total. The number of likely N-dealkylation sites (N-methyl/N-ethyl adjacent to an activating group) is 1. The van der Waals surface area contributed by atoms with Crippen molar-refractivity contribution >= 4 is 35.1 Å². The van der Waals surface area contributed by atoms with Gasteiger partial charge in [0, 0.05) is 43.9 Å². The molecule has 37 heavy (non-hydrogen) atoms. The maximum atomic E-state index is 13.2.